The zero-order chi connectivity index (χ0) is 21.5. The lowest BCUT2D eigenvalue weighted by Crippen LogP contribution is -2.46. The highest BCUT2D eigenvalue weighted by Crippen LogP contribution is 2.34. The normalized spacial score (nSPS) is 20.4. The van der Waals surface area contributed by atoms with Crippen LogP contribution in [0.5, 0.6) is 5.75 Å². The van der Waals surface area contributed by atoms with E-state index in [2.05, 4.69) is 24.4 Å². The summed E-state index contributed by atoms with van der Waals surface area (Å²) in [5.41, 5.74) is 2.66. The van der Waals surface area contributed by atoms with Gasteiger partial charge in [0.25, 0.3) is 5.91 Å². The molecule has 1 saturated heterocycles. The van der Waals surface area contributed by atoms with Crippen molar-refractivity contribution in [2.45, 2.75) is 64.1 Å². The molecule has 2 heterocycles. The minimum absolute atomic E-state index is 0.0576. The number of rotatable bonds is 10. The molecule has 2 atom stereocenters. The number of carbonyl (C=O) groups excluding carboxylic acids is 1. The summed E-state index contributed by atoms with van der Waals surface area (Å²) >= 11 is 0. The van der Waals surface area contributed by atoms with Gasteiger partial charge in [-0.15, -0.1) is 0 Å². The Balaban J connectivity index is 1.44. The molecule has 2 aromatic carbocycles. The molecule has 4 rings (SSSR count). The van der Waals surface area contributed by atoms with Crippen LogP contribution in [0.2, 0.25) is 0 Å². The number of fused-ring (bicyclic) bond motifs is 1. The third-order valence-corrected chi connectivity index (χ3v) is 6.16. The second-order valence-corrected chi connectivity index (χ2v) is 8.52. The fourth-order valence-electron chi connectivity index (χ4n) is 4.39. The molecule has 166 valence electrons. The Morgan fingerprint density at radius 3 is 2.65 bits per heavy atom. The van der Waals surface area contributed by atoms with Crippen LogP contribution in [0.15, 0.2) is 48.5 Å². The highest BCUT2D eigenvalue weighted by molar-refractivity contribution is 6.01. The van der Waals surface area contributed by atoms with Crippen molar-refractivity contribution >= 4 is 11.6 Å². The number of hydrogen-bond donors (Lipinski definition) is 1. The molecule has 2 aliphatic rings. The maximum Gasteiger partial charge on any atom is 0.257 e. The van der Waals surface area contributed by atoms with Gasteiger partial charge < -0.3 is 19.7 Å². The fourth-order valence-corrected chi connectivity index (χ4v) is 4.39. The molecule has 0 aliphatic carbocycles. The van der Waals surface area contributed by atoms with Crippen LogP contribution < -0.4 is 10.1 Å². The highest BCUT2D eigenvalue weighted by atomic mass is 16.5. The Bertz CT molecular complexity index is 846. The summed E-state index contributed by atoms with van der Waals surface area (Å²) in [5.74, 6) is 0.940. The molecule has 2 aliphatic heterocycles. The van der Waals surface area contributed by atoms with E-state index in [1.165, 1.54) is 25.7 Å². The summed E-state index contributed by atoms with van der Waals surface area (Å²) in [6.07, 6.45) is 8.10. The van der Waals surface area contributed by atoms with Crippen molar-refractivity contribution in [3.05, 3.63) is 59.7 Å². The van der Waals surface area contributed by atoms with E-state index >= 15 is 0 Å². The Morgan fingerprint density at radius 2 is 1.87 bits per heavy atom. The number of benzene rings is 2. The van der Waals surface area contributed by atoms with Crippen LogP contribution in [-0.4, -0.2) is 36.7 Å². The third-order valence-electron chi connectivity index (χ3n) is 6.16. The second kappa shape index (κ2) is 10.7. The van der Waals surface area contributed by atoms with Gasteiger partial charge in [0.05, 0.1) is 18.3 Å². The lowest BCUT2D eigenvalue weighted by molar-refractivity contribution is 0.0427. The molecule has 0 spiro atoms. The van der Waals surface area contributed by atoms with Crippen molar-refractivity contribution < 1.29 is 14.3 Å². The Kier molecular flexibility index (Phi) is 7.47. The average molecular weight is 423 g/mol. The second-order valence-electron chi connectivity index (χ2n) is 8.52. The number of para-hydroxylation sites is 1. The SMILES string of the molecule is CCCCCCCOc1ccc(C2Nc3ccccc3C(=O)N2CC2CCCO2)cc1. The number of hydrogen-bond acceptors (Lipinski definition) is 4. The molecule has 1 N–H and O–H groups in total. The Hall–Kier alpha value is -2.53. The Labute approximate surface area is 185 Å². The van der Waals surface area contributed by atoms with Crippen LogP contribution in [0.3, 0.4) is 0 Å². The molecule has 2 unspecified atom stereocenters. The summed E-state index contributed by atoms with van der Waals surface area (Å²) in [6.45, 7) is 4.36. The average Bonchev–Trinajstić information content (AvgIpc) is 3.32. The van der Waals surface area contributed by atoms with Gasteiger partial charge >= 0.3 is 0 Å². The smallest absolute Gasteiger partial charge is 0.257 e. The molecule has 1 amide bonds. The van der Waals surface area contributed by atoms with Gasteiger partial charge in [0.2, 0.25) is 0 Å². The first-order chi connectivity index (χ1) is 15.3. The zero-order valence-corrected chi connectivity index (χ0v) is 18.5. The van der Waals surface area contributed by atoms with Crippen molar-refractivity contribution in [1.82, 2.24) is 4.90 Å². The van der Waals surface area contributed by atoms with Crippen LogP contribution in [0.25, 0.3) is 0 Å². The van der Waals surface area contributed by atoms with E-state index in [1.807, 2.05) is 41.3 Å². The number of nitrogens with one attached hydrogen (secondary N) is 1. The molecule has 0 saturated carbocycles. The first-order valence-corrected chi connectivity index (χ1v) is 11.8. The molecule has 0 radical (unpaired) electrons. The Morgan fingerprint density at radius 1 is 1.06 bits per heavy atom. The maximum absolute atomic E-state index is 13.3. The summed E-state index contributed by atoms with van der Waals surface area (Å²) < 4.78 is 11.8. The molecular formula is C26H34N2O3. The number of ether oxygens (including phenoxy) is 2. The first kappa shape index (κ1) is 21.7. The third kappa shape index (κ3) is 5.40. The first-order valence-electron chi connectivity index (χ1n) is 11.8. The zero-order valence-electron chi connectivity index (χ0n) is 18.5. The fraction of sp³-hybridized carbons (Fsp3) is 0.500. The van der Waals surface area contributed by atoms with E-state index in [0.29, 0.717) is 6.54 Å². The summed E-state index contributed by atoms with van der Waals surface area (Å²) in [5, 5.41) is 3.57. The van der Waals surface area contributed by atoms with Crippen molar-refractivity contribution in [1.29, 1.82) is 0 Å². The van der Waals surface area contributed by atoms with Crippen molar-refractivity contribution in [3.8, 4) is 5.75 Å². The predicted molar refractivity (Wildman–Crippen MR) is 124 cm³/mol. The predicted octanol–water partition coefficient (Wildman–Crippen LogP) is 5.78. The summed E-state index contributed by atoms with van der Waals surface area (Å²) in [6, 6.07) is 15.9. The number of nitrogens with zero attached hydrogens (tertiary/aromatic N) is 1. The molecule has 0 aromatic heterocycles. The monoisotopic (exact) mass is 422 g/mol. The number of carbonyl (C=O) groups is 1. The van der Waals surface area contributed by atoms with Gasteiger partial charge in [0.15, 0.2) is 0 Å². The van der Waals surface area contributed by atoms with Gasteiger partial charge in [0.1, 0.15) is 11.9 Å². The minimum atomic E-state index is -0.213. The quantitative estimate of drug-likeness (QED) is 0.493. The minimum Gasteiger partial charge on any atom is -0.494 e. The summed E-state index contributed by atoms with van der Waals surface area (Å²) in [4.78, 5) is 15.2. The van der Waals surface area contributed by atoms with E-state index in [-0.39, 0.29) is 18.2 Å². The standard InChI is InChI=1S/C26H34N2O3/c1-2-3-4-5-8-17-30-21-15-13-20(14-16-21)25-27-24-12-7-6-11-23(24)26(29)28(25)19-22-10-9-18-31-22/h6-7,11-16,22,25,27H,2-5,8-10,17-19H2,1H3. The molecule has 1 fully saturated rings. The van der Waals surface area contributed by atoms with E-state index in [0.717, 1.165) is 55.0 Å². The lowest BCUT2D eigenvalue weighted by atomic mass is 10.0. The van der Waals surface area contributed by atoms with Crippen LogP contribution in [0.1, 0.15) is 74.0 Å². The lowest BCUT2D eigenvalue weighted by Gasteiger charge is -2.39. The molecule has 0 bridgehead atoms. The van der Waals surface area contributed by atoms with Gasteiger partial charge in [-0.2, -0.15) is 0 Å². The number of unbranched alkanes of at least 4 members (excludes halogenated alkanes) is 4. The van der Waals surface area contributed by atoms with Crippen molar-refractivity contribution in [2.75, 3.05) is 25.1 Å². The molecular weight excluding hydrogens is 388 g/mol. The summed E-state index contributed by atoms with van der Waals surface area (Å²) in [7, 11) is 0. The van der Waals surface area contributed by atoms with Crippen LogP contribution >= 0.6 is 0 Å². The molecule has 2 aromatic rings. The van der Waals surface area contributed by atoms with Crippen LogP contribution in [0.4, 0.5) is 5.69 Å². The molecule has 31 heavy (non-hydrogen) atoms. The number of amides is 1. The molecule has 5 nitrogen and oxygen atoms in total. The van der Waals surface area contributed by atoms with Gasteiger partial charge in [-0.1, -0.05) is 56.9 Å². The van der Waals surface area contributed by atoms with Crippen molar-refractivity contribution in [2.24, 2.45) is 0 Å². The molecule has 5 heteroatoms. The largest absolute Gasteiger partial charge is 0.494 e. The van der Waals surface area contributed by atoms with Gasteiger partial charge in [0, 0.05) is 18.8 Å². The topological polar surface area (TPSA) is 50.8 Å². The maximum atomic E-state index is 13.3. The van der Waals surface area contributed by atoms with Gasteiger partial charge in [-0.05, 0) is 49.1 Å². The van der Waals surface area contributed by atoms with Crippen LogP contribution in [-0.2, 0) is 4.74 Å². The number of anilines is 1. The van der Waals surface area contributed by atoms with Gasteiger partial charge in [-0.3, -0.25) is 4.79 Å². The van der Waals surface area contributed by atoms with E-state index in [1.54, 1.807) is 0 Å². The highest BCUT2D eigenvalue weighted by Gasteiger charge is 2.35. The van der Waals surface area contributed by atoms with E-state index in [4.69, 9.17) is 9.47 Å². The van der Waals surface area contributed by atoms with Crippen molar-refractivity contribution in [3.63, 3.8) is 0 Å². The van der Waals surface area contributed by atoms with Crippen LogP contribution in [0, 0.1) is 0 Å². The van der Waals surface area contributed by atoms with Gasteiger partial charge in [-0.25, -0.2) is 0 Å². The van der Waals surface area contributed by atoms with E-state index < -0.39 is 0 Å². The van der Waals surface area contributed by atoms with E-state index in [9.17, 15) is 4.79 Å².